The molecule has 1 aromatic carbocycles. The van der Waals surface area contributed by atoms with Crippen molar-refractivity contribution >= 4 is 11.6 Å². The van der Waals surface area contributed by atoms with E-state index in [9.17, 15) is 18.7 Å². The van der Waals surface area contributed by atoms with Gasteiger partial charge in [0.15, 0.2) is 11.6 Å². The molecule has 0 heterocycles. The van der Waals surface area contributed by atoms with Gasteiger partial charge in [-0.25, -0.2) is 8.78 Å². The van der Waals surface area contributed by atoms with Crippen molar-refractivity contribution in [1.82, 2.24) is 5.32 Å². The number of carbonyl (C=O) groups excluding carboxylic acids is 1. The lowest BCUT2D eigenvalue weighted by atomic mass is 9.87. The van der Waals surface area contributed by atoms with Crippen molar-refractivity contribution in [1.29, 1.82) is 0 Å². The Balaban J connectivity index is 2.07. The normalized spacial score (nSPS) is 17.1. The highest BCUT2D eigenvalue weighted by molar-refractivity contribution is 5.99. The number of anilines is 1. The molecular formula is C14H18F2N2O2. The zero-order valence-electron chi connectivity index (χ0n) is 11.1. The van der Waals surface area contributed by atoms with Gasteiger partial charge in [-0.05, 0) is 18.9 Å². The quantitative estimate of drug-likeness (QED) is 0.738. The minimum Gasteiger partial charge on any atom is -0.398 e. The van der Waals surface area contributed by atoms with E-state index in [0.29, 0.717) is 6.54 Å². The Morgan fingerprint density at radius 2 is 1.90 bits per heavy atom. The topological polar surface area (TPSA) is 75.4 Å². The summed E-state index contributed by atoms with van der Waals surface area (Å²) >= 11 is 0. The van der Waals surface area contributed by atoms with Crippen LogP contribution in [0.1, 0.15) is 36.0 Å². The van der Waals surface area contributed by atoms with Crippen LogP contribution in [0.5, 0.6) is 0 Å². The molecule has 0 radical (unpaired) electrons. The highest BCUT2D eigenvalue weighted by Gasteiger charge is 2.33. The molecular weight excluding hydrogens is 266 g/mol. The third-order valence-electron chi connectivity index (χ3n) is 3.96. The fourth-order valence-corrected chi connectivity index (χ4v) is 2.64. The first-order chi connectivity index (χ1) is 9.47. The Hall–Kier alpha value is -1.69. The number of hydrogen-bond donors (Lipinski definition) is 3. The van der Waals surface area contributed by atoms with Gasteiger partial charge < -0.3 is 16.2 Å². The summed E-state index contributed by atoms with van der Waals surface area (Å²) in [5.41, 5.74) is 5.03. The third-order valence-corrected chi connectivity index (χ3v) is 3.96. The van der Waals surface area contributed by atoms with Crippen molar-refractivity contribution in [2.75, 3.05) is 18.9 Å². The number of amides is 1. The fraction of sp³-hybridized carbons (Fsp3) is 0.500. The molecule has 0 spiro atoms. The van der Waals surface area contributed by atoms with Gasteiger partial charge in [-0.3, -0.25) is 4.79 Å². The fourth-order valence-electron chi connectivity index (χ4n) is 2.64. The average Bonchev–Trinajstić information content (AvgIpc) is 2.90. The molecule has 0 bridgehead atoms. The van der Waals surface area contributed by atoms with Crippen LogP contribution >= 0.6 is 0 Å². The molecule has 1 fully saturated rings. The molecule has 1 aliphatic rings. The van der Waals surface area contributed by atoms with E-state index in [-0.39, 0.29) is 23.3 Å². The molecule has 0 aromatic heterocycles. The summed E-state index contributed by atoms with van der Waals surface area (Å²) in [4.78, 5) is 12.0. The Kier molecular flexibility index (Phi) is 4.23. The Bertz CT molecular complexity index is 514. The molecule has 0 unspecified atom stereocenters. The van der Waals surface area contributed by atoms with E-state index in [1.807, 2.05) is 0 Å². The molecule has 1 aliphatic carbocycles. The number of nitrogens with two attached hydrogens (primary N) is 1. The van der Waals surface area contributed by atoms with Gasteiger partial charge in [-0.2, -0.15) is 0 Å². The van der Waals surface area contributed by atoms with E-state index < -0.39 is 17.5 Å². The smallest absolute Gasteiger partial charge is 0.253 e. The zero-order valence-corrected chi connectivity index (χ0v) is 11.1. The number of halogens is 2. The standard InChI is InChI=1S/C14H18F2N2O2/c15-10-5-9(12(17)6-11(10)16)13(20)18-7-14(8-19)3-1-2-4-14/h5-6,19H,1-4,7-8,17H2,(H,18,20). The summed E-state index contributed by atoms with van der Waals surface area (Å²) in [6, 6.07) is 1.59. The van der Waals surface area contributed by atoms with Crippen molar-refractivity contribution < 1.29 is 18.7 Å². The van der Waals surface area contributed by atoms with Gasteiger partial charge in [-0.1, -0.05) is 12.8 Å². The lowest BCUT2D eigenvalue weighted by molar-refractivity contribution is 0.0881. The van der Waals surface area contributed by atoms with Crippen molar-refractivity contribution in [3.05, 3.63) is 29.3 Å². The first-order valence-electron chi connectivity index (χ1n) is 6.61. The number of carbonyl (C=O) groups is 1. The van der Waals surface area contributed by atoms with E-state index in [1.165, 1.54) is 0 Å². The molecule has 6 heteroatoms. The molecule has 1 aromatic rings. The molecule has 20 heavy (non-hydrogen) atoms. The van der Waals surface area contributed by atoms with Crippen LogP contribution < -0.4 is 11.1 Å². The van der Waals surface area contributed by atoms with Gasteiger partial charge in [-0.15, -0.1) is 0 Å². The predicted molar refractivity (Wildman–Crippen MR) is 71.1 cm³/mol. The Labute approximate surface area is 116 Å². The molecule has 2 rings (SSSR count). The van der Waals surface area contributed by atoms with Crippen LogP contribution in [-0.4, -0.2) is 24.2 Å². The van der Waals surface area contributed by atoms with Crippen LogP contribution in [0, 0.1) is 17.0 Å². The second-order valence-corrected chi connectivity index (χ2v) is 5.40. The van der Waals surface area contributed by atoms with Gasteiger partial charge in [0, 0.05) is 23.7 Å². The molecule has 0 aliphatic heterocycles. The van der Waals surface area contributed by atoms with Crippen LogP contribution in [-0.2, 0) is 0 Å². The maximum atomic E-state index is 13.2. The minimum absolute atomic E-state index is 0.000537. The van der Waals surface area contributed by atoms with Crippen LogP contribution in [0.4, 0.5) is 14.5 Å². The van der Waals surface area contributed by atoms with Gasteiger partial charge in [0.2, 0.25) is 0 Å². The first-order valence-corrected chi connectivity index (χ1v) is 6.61. The van der Waals surface area contributed by atoms with E-state index >= 15 is 0 Å². The largest absolute Gasteiger partial charge is 0.398 e. The van der Waals surface area contributed by atoms with Crippen LogP contribution in [0.25, 0.3) is 0 Å². The first kappa shape index (κ1) is 14.7. The third kappa shape index (κ3) is 2.90. The molecule has 0 saturated heterocycles. The molecule has 4 nitrogen and oxygen atoms in total. The lowest BCUT2D eigenvalue weighted by Gasteiger charge is -2.26. The number of aliphatic hydroxyl groups is 1. The molecule has 0 atom stereocenters. The molecule has 1 amide bonds. The number of nitrogens with one attached hydrogen (secondary N) is 1. The number of rotatable bonds is 4. The van der Waals surface area contributed by atoms with Crippen molar-refractivity contribution in [3.63, 3.8) is 0 Å². The number of nitrogen functional groups attached to an aromatic ring is 1. The maximum absolute atomic E-state index is 13.2. The maximum Gasteiger partial charge on any atom is 0.253 e. The van der Waals surface area contributed by atoms with E-state index in [1.54, 1.807) is 0 Å². The summed E-state index contributed by atoms with van der Waals surface area (Å²) in [6.45, 7) is 0.307. The van der Waals surface area contributed by atoms with Crippen LogP contribution in [0.3, 0.4) is 0 Å². The minimum atomic E-state index is -1.11. The van der Waals surface area contributed by atoms with E-state index in [2.05, 4.69) is 5.32 Å². The number of hydrogen-bond acceptors (Lipinski definition) is 3. The van der Waals surface area contributed by atoms with E-state index in [0.717, 1.165) is 37.8 Å². The lowest BCUT2D eigenvalue weighted by Crippen LogP contribution is -2.38. The van der Waals surface area contributed by atoms with Crippen LogP contribution in [0.15, 0.2) is 12.1 Å². The Morgan fingerprint density at radius 1 is 1.30 bits per heavy atom. The molecule has 4 N–H and O–H groups in total. The summed E-state index contributed by atoms with van der Waals surface area (Å²) in [7, 11) is 0. The van der Waals surface area contributed by atoms with Gasteiger partial charge in [0.05, 0.1) is 12.2 Å². The molecule has 110 valence electrons. The zero-order chi connectivity index (χ0) is 14.8. The van der Waals surface area contributed by atoms with Crippen molar-refractivity contribution in [2.45, 2.75) is 25.7 Å². The second kappa shape index (κ2) is 5.75. The Morgan fingerprint density at radius 3 is 2.50 bits per heavy atom. The average molecular weight is 284 g/mol. The molecule has 1 saturated carbocycles. The van der Waals surface area contributed by atoms with Gasteiger partial charge in [0.25, 0.3) is 5.91 Å². The number of benzene rings is 1. The summed E-state index contributed by atoms with van der Waals surface area (Å²) in [5, 5.41) is 12.1. The number of aliphatic hydroxyl groups excluding tert-OH is 1. The SMILES string of the molecule is Nc1cc(F)c(F)cc1C(=O)NCC1(CO)CCCC1. The van der Waals surface area contributed by atoms with Crippen LogP contribution in [0.2, 0.25) is 0 Å². The van der Waals surface area contributed by atoms with Gasteiger partial charge in [0.1, 0.15) is 0 Å². The van der Waals surface area contributed by atoms with E-state index in [4.69, 9.17) is 5.73 Å². The second-order valence-electron chi connectivity index (χ2n) is 5.40. The summed E-state index contributed by atoms with van der Waals surface area (Å²) < 4.78 is 26.1. The summed E-state index contributed by atoms with van der Waals surface area (Å²) in [6.07, 6.45) is 3.72. The van der Waals surface area contributed by atoms with Crippen molar-refractivity contribution in [3.8, 4) is 0 Å². The monoisotopic (exact) mass is 284 g/mol. The summed E-state index contributed by atoms with van der Waals surface area (Å²) in [5.74, 6) is -2.75. The van der Waals surface area contributed by atoms with Gasteiger partial charge >= 0.3 is 0 Å². The highest BCUT2D eigenvalue weighted by Crippen LogP contribution is 2.37. The predicted octanol–water partition coefficient (Wildman–Crippen LogP) is 1.83. The van der Waals surface area contributed by atoms with Crippen molar-refractivity contribution in [2.24, 2.45) is 5.41 Å². The highest BCUT2D eigenvalue weighted by atomic mass is 19.2.